The Hall–Kier alpha value is 1.78. The van der Waals surface area contributed by atoms with Gasteiger partial charge in [-0.25, -0.2) is 4.79 Å². The monoisotopic (exact) mass is 439 g/mol. The van der Waals surface area contributed by atoms with E-state index in [1.54, 1.807) is 0 Å². The average Bonchev–Trinajstić information content (AvgIpc) is 2.46. The first-order chi connectivity index (χ1) is 10.6. The molecular formula is C11H18ClN3Na3O7P. The molecule has 0 saturated heterocycles. The van der Waals surface area contributed by atoms with Gasteiger partial charge in [-0.15, -0.1) is 16.5 Å². The van der Waals surface area contributed by atoms with Crippen LogP contribution in [0.2, 0.25) is 0 Å². The number of carbonyl (C=O) groups excluding carboxylic acids is 2. The normalized spacial score (nSPS) is 18.3. The minimum atomic E-state index is -5.43. The van der Waals surface area contributed by atoms with Crippen LogP contribution in [0.4, 0.5) is 9.59 Å². The molecule has 15 heteroatoms. The summed E-state index contributed by atoms with van der Waals surface area (Å²) < 4.78 is 9.14. The second kappa shape index (κ2) is 18.8. The molecule has 0 atom stereocenters. The van der Waals surface area contributed by atoms with Crippen molar-refractivity contribution in [1.82, 2.24) is 10.3 Å². The van der Waals surface area contributed by atoms with E-state index in [1.165, 1.54) is 0 Å². The first-order valence-electron chi connectivity index (χ1n) is 6.82. The number of hydrogen-bond acceptors (Lipinski definition) is 8. The summed E-state index contributed by atoms with van der Waals surface area (Å²) in [5.41, 5.74) is -2.56. The minimum absolute atomic E-state index is 0. The fraction of sp³-hybridized carbons (Fsp3) is 0.818. The van der Waals surface area contributed by atoms with Crippen LogP contribution in [0, 0.1) is 10.8 Å². The summed E-state index contributed by atoms with van der Waals surface area (Å²) in [4.78, 5) is 49.3. The molecule has 26 heavy (non-hydrogen) atoms. The fourth-order valence-corrected chi connectivity index (χ4v) is 2.07. The number of amides is 2. The van der Waals surface area contributed by atoms with Crippen LogP contribution in [0.3, 0.4) is 0 Å². The zero-order valence-corrected chi connectivity index (χ0v) is 23.1. The van der Waals surface area contributed by atoms with E-state index >= 15 is 0 Å². The summed E-state index contributed by atoms with van der Waals surface area (Å²) in [7, 11) is -5.43. The molecule has 0 aromatic heterocycles. The number of nitrogens with zero attached hydrogens (tertiary/aromatic N) is 2. The maximum atomic E-state index is 11.6. The van der Waals surface area contributed by atoms with Crippen molar-refractivity contribution < 1.29 is 118 Å². The van der Waals surface area contributed by atoms with Gasteiger partial charge in [0, 0.05) is 11.9 Å². The Bertz CT molecular complexity index is 464. The molecule has 0 aliphatic heterocycles. The Morgan fingerprint density at radius 2 is 1.62 bits per heavy atom. The zero-order chi connectivity index (χ0) is 18.0. The van der Waals surface area contributed by atoms with E-state index in [1.807, 2.05) is 0 Å². The van der Waals surface area contributed by atoms with E-state index in [0.717, 1.165) is 36.6 Å². The van der Waals surface area contributed by atoms with Crippen molar-refractivity contribution in [3.63, 3.8) is 0 Å². The average molecular weight is 440 g/mol. The Balaban J connectivity index is -0.000000211. The van der Waals surface area contributed by atoms with E-state index in [9.17, 15) is 9.70 Å². The molecule has 0 bridgehead atoms. The van der Waals surface area contributed by atoms with Crippen molar-refractivity contribution in [3.05, 3.63) is 4.91 Å². The third-order valence-corrected chi connectivity index (χ3v) is 3.81. The summed E-state index contributed by atoms with van der Waals surface area (Å²) in [5, 5.41) is 15.3. The minimum Gasteiger partial charge on any atom is -0.807 e. The number of nitrogens with one attached hydrogen (secondary N) is 1. The number of carbonyl (C=O) groups is 2. The van der Waals surface area contributed by atoms with Gasteiger partial charge >= 0.3 is 94.7 Å². The van der Waals surface area contributed by atoms with E-state index in [4.69, 9.17) is 35.9 Å². The maximum Gasteiger partial charge on any atom is 1.00 e. The summed E-state index contributed by atoms with van der Waals surface area (Å²) in [6.45, 7) is 2.37. The van der Waals surface area contributed by atoms with Crippen LogP contribution in [-0.4, -0.2) is 35.2 Å². The number of carboxylic acid groups (broad SMARTS) is 1. The molecule has 0 unspecified atom stereocenters. The molecule has 1 aliphatic carbocycles. The molecule has 0 heterocycles. The van der Waals surface area contributed by atoms with Crippen molar-refractivity contribution in [2.45, 2.75) is 38.6 Å². The van der Waals surface area contributed by atoms with Crippen molar-refractivity contribution >= 4 is 30.9 Å². The Morgan fingerprint density at radius 1 is 1.19 bits per heavy atom. The SMILES string of the molecule is CC1CCC(NC(=O)N(CCCl)N=O)CC1.O=C([O-])P(=O)([O-])[O-].[Na+].[Na+].[Na+]. The number of hydrogen-bond donors (Lipinski definition) is 1. The van der Waals surface area contributed by atoms with E-state index < -0.39 is 19.3 Å². The second-order valence-corrected chi connectivity index (χ2v) is 6.80. The van der Waals surface area contributed by atoms with E-state index in [2.05, 4.69) is 17.5 Å². The molecular weight excluding hydrogens is 422 g/mol. The smallest absolute Gasteiger partial charge is 0.807 e. The van der Waals surface area contributed by atoms with Crippen LogP contribution < -0.4 is 109 Å². The molecule has 0 spiro atoms. The van der Waals surface area contributed by atoms with Gasteiger partial charge < -0.3 is 29.6 Å². The topological polar surface area (TPSA) is 165 Å². The molecule has 0 aromatic carbocycles. The number of rotatable bonds is 5. The number of nitroso groups, excluding NO2 is 1. The molecule has 1 saturated carbocycles. The molecule has 1 rings (SSSR count). The third kappa shape index (κ3) is 16.7. The van der Waals surface area contributed by atoms with E-state index in [0.29, 0.717) is 0 Å². The molecule has 0 aromatic rings. The predicted molar refractivity (Wildman–Crippen MR) is 76.2 cm³/mol. The fourth-order valence-electron chi connectivity index (χ4n) is 1.91. The van der Waals surface area contributed by atoms with Crippen LogP contribution in [0.15, 0.2) is 5.29 Å². The van der Waals surface area contributed by atoms with Gasteiger partial charge in [0.2, 0.25) is 0 Å². The maximum absolute atomic E-state index is 11.6. The van der Waals surface area contributed by atoms with Crippen LogP contribution in [-0.2, 0) is 4.57 Å². The zero-order valence-electron chi connectivity index (χ0n) is 15.5. The second-order valence-electron chi connectivity index (χ2n) is 5.06. The number of halogens is 1. The van der Waals surface area contributed by atoms with Crippen LogP contribution >= 0.6 is 19.2 Å². The summed E-state index contributed by atoms with van der Waals surface area (Å²) in [6.07, 6.45) is 4.19. The van der Waals surface area contributed by atoms with Gasteiger partial charge in [-0.1, -0.05) is 6.92 Å². The Morgan fingerprint density at radius 3 is 1.92 bits per heavy atom. The van der Waals surface area contributed by atoms with Crippen LogP contribution in [0.25, 0.3) is 0 Å². The van der Waals surface area contributed by atoms with Gasteiger partial charge in [-0.05, 0) is 39.2 Å². The van der Waals surface area contributed by atoms with Gasteiger partial charge in [-0.3, -0.25) is 0 Å². The van der Waals surface area contributed by atoms with Gasteiger partial charge in [0.15, 0.2) is 0 Å². The van der Waals surface area contributed by atoms with Crippen LogP contribution in [0.1, 0.15) is 32.6 Å². The standard InChI is InChI=1S/C10H18ClN3O2.CH3O5P.3Na/c1-8-2-4-9(5-3-8)12-10(15)14(13-16)7-6-11;2-1(3)7(4,5)6;;;/h8-9H,2-7H2,1H3,(H,12,15);(H,2,3)(H2,4,5,6);;;/q;;3*+1/p-3. The van der Waals surface area contributed by atoms with Crippen molar-refractivity contribution in [3.8, 4) is 0 Å². The van der Waals surface area contributed by atoms with Gasteiger partial charge in [0.1, 0.15) is 0 Å². The molecule has 1 fully saturated rings. The number of alkyl halides is 1. The Kier molecular flexibility index (Phi) is 25.5. The summed E-state index contributed by atoms with van der Waals surface area (Å²) in [5.74, 6) is 0.942. The van der Waals surface area contributed by atoms with Gasteiger partial charge in [0.25, 0.3) is 0 Å². The van der Waals surface area contributed by atoms with Crippen molar-refractivity contribution in [2.24, 2.45) is 11.2 Å². The van der Waals surface area contributed by atoms with Gasteiger partial charge in [0.05, 0.1) is 17.5 Å². The number of urea groups is 1. The first-order valence-corrected chi connectivity index (χ1v) is 8.90. The summed E-state index contributed by atoms with van der Waals surface area (Å²) >= 11 is 5.46. The summed E-state index contributed by atoms with van der Waals surface area (Å²) in [6, 6.07) is -0.265. The molecule has 134 valence electrons. The molecule has 0 radical (unpaired) electrons. The molecule has 1 aliphatic rings. The first kappa shape index (κ1) is 35.2. The third-order valence-electron chi connectivity index (χ3n) is 3.20. The van der Waals surface area contributed by atoms with E-state index in [-0.39, 0.29) is 107 Å². The van der Waals surface area contributed by atoms with Crippen molar-refractivity contribution in [2.75, 3.05) is 12.4 Å². The quantitative estimate of drug-likeness (QED) is 0.146. The largest absolute Gasteiger partial charge is 1.00 e. The van der Waals surface area contributed by atoms with Gasteiger partial charge in [-0.2, -0.15) is 5.01 Å². The molecule has 1 N–H and O–H groups in total. The molecule has 10 nitrogen and oxygen atoms in total. The van der Waals surface area contributed by atoms with Crippen molar-refractivity contribution in [1.29, 1.82) is 0 Å². The predicted octanol–water partition coefficient (Wildman–Crippen LogP) is -9.25. The Labute approximate surface area is 223 Å². The molecule has 2 amide bonds. The van der Waals surface area contributed by atoms with Crippen LogP contribution in [0.5, 0.6) is 0 Å².